The minimum atomic E-state index is -0.534. The second kappa shape index (κ2) is 7.29. The van der Waals surface area contributed by atoms with Crippen LogP contribution in [0.2, 0.25) is 10.0 Å². The van der Waals surface area contributed by atoms with Gasteiger partial charge in [-0.2, -0.15) is 0 Å². The molecule has 0 unspecified atom stereocenters. The maximum absolute atomic E-state index is 11.9. The third-order valence-corrected chi connectivity index (χ3v) is 4.86. The zero-order chi connectivity index (χ0) is 17.1. The normalized spacial score (nSPS) is 10.5. The summed E-state index contributed by atoms with van der Waals surface area (Å²) >= 11 is 13.4. The molecule has 0 aliphatic carbocycles. The lowest BCUT2D eigenvalue weighted by atomic mass is 10.2. The average molecular weight is 373 g/mol. The lowest BCUT2D eigenvalue weighted by molar-refractivity contribution is -0.119. The number of carbonyl (C=O) groups is 2. The van der Waals surface area contributed by atoms with Gasteiger partial charge in [0, 0.05) is 16.0 Å². The Morgan fingerprint density at radius 2 is 2.00 bits per heavy atom. The molecule has 122 valence electrons. The van der Waals surface area contributed by atoms with Gasteiger partial charge in [0.15, 0.2) is 12.4 Å². The number of anilines is 1. The smallest absolute Gasteiger partial charge is 0.339 e. The number of hydrogen-bond donors (Lipinski definition) is 1. The van der Waals surface area contributed by atoms with Crippen LogP contribution in [0.25, 0.3) is 0 Å². The van der Waals surface area contributed by atoms with Gasteiger partial charge >= 0.3 is 5.97 Å². The lowest BCUT2D eigenvalue weighted by Gasteiger charge is -2.09. The minimum absolute atomic E-state index is 0.178. The SMILES string of the molecule is Cc1cc(C(=O)OCC(=O)Nc2ncc(Cl)c(C)c2Cl)c(C)s1. The van der Waals surface area contributed by atoms with Gasteiger partial charge in [-0.1, -0.05) is 23.2 Å². The predicted octanol–water partition coefficient (Wildman–Crippen LogP) is 4.17. The molecule has 1 amide bonds. The summed E-state index contributed by atoms with van der Waals surface area (Å²) in [4.78, 5) is 29.6. The molecule has 2 aromatic rings. The summed E-state index contributed by atoms with van der Waals surface area (Å²) in [6.07, 6.45) is 1.39. The number of ether oxygens (including phenoxy) is 1. The van der Waals surface area contributed by atoms with E-state index in [0.717, 1.165) is 9.75 Å². The van der Waals surface area contributed by atoms with E-state index in [9.17, 15) is 9.59 Å². The summed E-state index contributed by atoms with van der Waals surface area (Å²) in [6, 6.07) is 1.74. The number of rotatable bonds is 4. The number of nitrogens with one attached hydrogen (secondary N) is 1. The zero-order valence-electron chi connectivity index (χ0n) is 12.7. The first-order chi connectivity index (χ1) is 10.8. The highest BCUT2D eigenvalue weighted by molar-refractivity contribution is 7.12. The zero-order valence-corrected chi connectivity index (χ0v) is 15.0. The van der Waals surface area contributed by atoms with Crippen LogP contribution in [-0.4, -0.2) is 23.5 Å². The molecule has 0 aliphatic rings. The van der Waals surface area contributed by atoms with Crippen LogP contribution in [0.4, 0.5) is 5.82 Å². The molecule has 0 saturated heterocycles. The van der Waals surface area contributed by atoms with Crippen LogP contribution < -0.4 is 5.32 Å². The first kappa shape index (κ1) is 17.7. The highest BCUT2D eigenvalue weighted by Crippen LogP contribution is 2.28. The second-order valence-electron chi connectivity index (χ2n) is 4.84. The Morgan fingerprint density at radius 1 is 1.30 bits per heavy atom. The Kier molecular flexibility index (Phi) is 5.62. The number of esters is 1. The first-order valence-corrected chi connectivity index (χ1v) is 8.21. The number of halogens is 2. The summed E-state index contributed by atoms with van der Waals surface area (Å²) in [6.45, 7) is 5.02. The fourth-order valence-electron chi connectivity index (χ4n) is 1.85. The molecule has 0 fully saturated rings. The Labute approximate surface area is 147 Å². The van der Waals surface area contributed by atoms with Crippen LogP contribution in [-0.2, 0) is 9.53 Å². The number of aryl methyl sites for hydroxylation is 2. The van der Waals surface area contributed by atoms with Crippen LogP contribution in [0, 0.1) is 20.8 Å². The highest BCUT2D eigenvalue weighted by atomic mass is 35.5. The van der Waals surface area contributed by atoms with Gasteiger partial charge in [0.2, 0.25) is 0 Å². The molecule has 8 heteroatoms. The molecule has 2 aromatic heterocycles. The van der Waals surface area contributed by atoms with E-state index in [4.69, 9.17) is 27.9 Å². The van der Waals surface area contributed by atoms with Crippen molar-refractivity contribution < 1.29 is 14.3 Å². The van der Waals surface area contributed by atoms with E-state index in [-0.39, 0.29) is 10.8 Å². The van der Waals surface area contributed by atoms with Crippen molar-refractivity contribution in [1.29, 1.82) is 0 Å². The minimum Gasteiger partial charge on any atom is -0.452 e. The third-order valence-electron chi connectivity index (χ3n) is 3.06. The highest BCUT2D eigenvalue weighted by Gasteiger charge is 2.16. The summed E-state index contributed by atoms with van der Waals surface area (Å²) < 4.78 is 5.01. The largest absolute Gasteiger partial charge is 0.452 e. The van der Waals surface area contributed by atoms with Crippen molar-refractivity contribution >= 4 is 52.2 Å². The number of amides is 1. The number of hydrogen-bond acceptors (Lipinski definition) is 5. The number of carbonyl (C=O) groups excluding carboxylic acids is 2. The van der Waals surface area contributed by atoms with Gasteiger partial charge in [-0.25, -0.2) is 9.78 Å². The first-order valence-electron chi connectivity index (χ1n) is 6.64. The molecule has 0 saturated carbocycles. The van der Waals surface area contributed by atoms with Crippen molar-refractivity contribution in [2.45, 2.75) is 20.8 Å². The molecular formula is C15H14Cl2N2O3S. The molecule has 0 radical (unpaired) electrons. The molecule has 0 aromatic carbocycles. The molecule has 0 atom stereocenters. The Bertz CT molecular complexity index is 774. The molecule has 5 nitrogen and oxygen atoms in total. The van der Waals surface area contributed by atoms with Crippen LogP contribution in [0.3, 0.4) is 0 Å². The van der Waals surface area contributed by atoms with Gasteiger partial charge in [-0.3, -0.25) is 4.79 Å². The molecule has 0 aliphatic heterocycles. The molecule has 0 spiro atoms. The standard InChI is InChI=1S/C15H14Cl2N2O3S/c1-7-4-10(9(3)23-7)15(21)22-6-12(20)19-14-13(17)8(2)11(16)5-18-14/h4-5H,6H2,1-3H3,(H,18,19,20). The van der Waals surface area contributed by atoms with Gasteiger partial charge in [-0.05, 0) is 32.4 Å². The van der Waals surface area contributed by atoms with E-state index in [1.54, 1.807) is 13.0 Å². The number of thiophene rings is 1. The fourth-order valence-corrected chi connectivity index (χ4v) is 3.16. The van der Waals surface area contributed by atoms with Crippen molar-refractivity contribution in [3.63, 3.8) is 0 Å². The van der Waals surface area contributed by atoms with E-state index in [0.29, 0.717) is 16.1 Å². The second-order valence-corrected chi connectivity index (χ2v) is 7.09. The van der Waals surface area contributed by atoms with Crippen molar-refractivity contribution in [2.24, 2.45) is 0 Å². The van der Waals surface area contributed by atoms with Crippen LogP contribution in [0.15, 0.2) is 12.3 Å². The molecule has 2 heterocycles. The van der Waals surface area contributed by atoms with Gasteiger partial charge in [0.1, 0.15) is 0 Å². The van der Waals surface area contributed by atoms with E-state index in [1.165, 1.54) is 17.5 Å². The molecule has 0 bridgehead atoms. The maximum atomic E-state index is 11.9. The van der Waals surface area contributed by atoms with Gasteiger partial charge in [0.25, 0.3) is 5.91 Å². The average Bonchev–Trinajstić information content (AvgIpc) is 2.84. The van der Waals surface area contributed by atoms with Gasteiger partial charge in [0.05, 0.1) is 15.6 Å². The van der Waals surface area contributed by atoms with Crippen LogP contribution >= 0.6 is 34.5 Å². The van der Waals surface area contributed by atoms with E-state index in [1.807, 2.05) is 13.8 Å². The van der Waals surface area contributed by atoms with Crippen LogP contribution in [0.5, 0.6) is 0 Å². The van der Waals surface area contributed by atoms with Crippen molar-refractivity contribution in [3.8, 4) is 0 Å². The monoisotopic (exact) mass is 372 g/mol. The topological polar surface area (TPSA) is 68.3 Å². The Morgan fingerprint density at radius 3 is 2.61 bits per heavy atom. The quantitative estimate of drug-likeness (QED) is 0.817. The molecule has 23 heavy (non-hydrogen) atoms. The fraction of sp³-hybridized carbons (Fsp3) is 0.267. The van der Waals surface area contributed by atoms with Crippen molar-refractivity contribution in [2.75, 3.05) is 11.9 Å². The summed E-state index contributed by atoms with van der Waals surface area (Å²) in [7, 11) is 0. The lowest BCUT2D eigenvalue weighted by Crippen LogP contribution is -2.21. The van der Waals surface area contributed by atoms with E-state index >= 15 is 0 Å². The maximum Gasteiger partial charge on any atom is 0.339 e. The summed E-state index contributed by atoms with van der Waals surface area (Å²) in [5.41, 5.74) is 1.08. The van der Waals surface area contributed by atoms with Crippen molar-refractivity contribution in [3.05, 3.63) is 43.2 Å². The molecule has 2 rings (SSSR count). The number of aromatic nitrogens is 1. The number of nitrogens with zero attached hydrogens (tertiary/aromatic N) is 1. The Balaban J connectivity index is 1.97. The third kappa shape index (κ3) is 4.22. The number of pyridine rings is 1. The van der Waals surface area contributed by atoms with Gasteiger partial charge < -0.3 is 10.1 Å². The predicted molar refractivity (Wildman–Crippen MR) is 91.7 cm³/mol. The van der Waals surface area contributed by atoms with E-state index < -0.39 is 18.5 Å². The van der Waals surface area contributed by atoms with Crippen LogP contribution in [0.1, 0.15) is 25.7 Å². The summed E-state index contributed by atoms with van der Waals surface area (Å²) in [5, 5.41) is 3.15. The molecular weight excluding hydrogens is 359 g/mol. The molecule has 1 N–H and O–H groups in total. The van der Waals surface area contributed by atoms with E-state index in [2.05, 4.69) is 10.3 Å². The summed E-state index contributed by atoms with van der Waals surface area (Å²) in [5.74, 6) is -0.885. The van der Waals surface area contributed by atoms with Crippen molar-refractivity contribution in [1.82, 2.24) is 4.98 Å². The van der Waals surface area contributed by atoms with Gasteiger partial charge in [-0.15, -0.1) is 11.3 Å². The Hall–Kier alpha value is -1.63.